The monoisotopic (exact) mass is 501 g/mol. The third kappa shape index (κ3) is 13.5. The van der Waals surface area contributed by atoms with Crippen molar-refractivity contribution < 1.29 is 17.9 Å². The Morgan fingerprint density at radius 3 is 1.41 bits per heavy atom. The molecule has 202 valence electrons. The lowest BCUT2D eigenvalue weighted by atomic mass is 9.95. The van der Waals surface area contributed by atoms with E-state index in [2.05, 4.69) is 6.92 Å². The van der Waals surface area contributed by atoms with Crippen molar-refractivity contribution in [1.29, 1.82) is 0 Å². The van der Waals surface area contributed by atoms with Gasteiger partial charge in [0, 0.05) is 11.1 Å². The Balaban J connectivity index is 1.99. The minimum Gasteiger partial charge on any atom is -0.465 e. The summed E-state index contributed by atoms with van der Waals surface area (Å²) < 4.78 is 29.9. The van der Waals surface area contributed by atoms with Gasteiger partial charge in [-0.25, -0.2) is 8.42 Å². The normalized spacial score (nSPS) is 19.2. The first-order valence-electron chi connectivity index (χ1n) is 14.1. The van der Waals surface area contributed by atoms with E-state index in [9.17, 15) is 13.2 Å². The maximum Gasteiger partial charge on any atom is 0.320 e. The molecule has 1 aliphatic rings. The Bertz CT molecular complexity index is 633. The van der Waals surface area contributed by atoms with Crippen molar-refractivity contribution >= 4 is 15.8 Å². The van der Waals surface area contributed by atoms with E-state index in [1.54, 1.807) is 0 Å². The molecule has 1 aliphatic heterocycles. The summed E-state index contributed by atoms with van der Waals surface area (Å²) in [6.07, 6.45) is 21.2. The van der Waals surface area contributed by atoms with E-state index < -0.39 is 20.9 Å². The second-order valence-electron chi connectivity index (χ2n) is 11.8. The van der Waals surface area contributed by atoms with E-state index >= 15 is 0 Å². The largest absolute Gasteiger partial charge is 0.465 e. The van der Waals surface area contributed by atoms with Gasteiger partial charge in [-0.3, -0.25) is 9.69 Å². The van der Waals surface area contributed by atoms with E-state index in [1.165, 1.54) is 89.9 Å². The van der Waals surface area contributed by atoms with Crippen molar-refractivity contribution in [2.75, 3.05) is 24.7 Å². The zero-order valence-electron chi connectivity index (χ0n) is 23.1. The molecular formula is C28H55NO4S. The molecule has 0 bridgehead atoms. The molecule has 0 unspecified atom stereocenters. The van der Waals surface area contributed by atoms with Gasteiger partial charge in [0.2, 0.25) is 0 Å². The number of esters is 1. The molecule has 1 heterocycles. The highest BCUT2D eigenvalue weighted by atomic mass is 32.2. The molecule has 34 heavy (non-hydrogen) atoms. The Labute approximate surface area is 211 Å². The van der Waals surface area contributed by atoms with Gasteiger partial charge in [-0.05, 0) is 34.1 Å². The third-order valence-electron chi connectivity index (χ3n) is 7.16. The van der Waals surface area contributed by atoms with Gasteiger partial charge < -0.3 is 4.74 Å². The molecule has 0 aromatic rings. The number of hydrogen-bond acceptors (Lipinski definition) is 5. The molecule has 0 aromatic carbocycles. The highest BCUT2D eigenvalue weighted by molar-refractivity contribution is 7.91. The number of ether oxygens (including phenoxy) is 1. The van der Waals surface area contributed by atoms with Crippen LogP contribution in [0.1, 0.15) is 137 Å². The van der Waals surface area contributed by atoms with Crippen LogP contribution in [-0.2, 0) is 19.4 Å². The maximum atomic E-state index is 12.4. The molecule has 0 saturated carbocycles. The quantitative estimate of drug-likeness (QED) is 0.140. The number of rotatable bonds is 19. The fraction of sp³-hybridized carbons (Fsp3) is 0.964. The molecular weight excluding hydrogens is 446 g/mol. The van der Waals surface area contributed by atoms with Crippen LogP contribution < -0.4 is 0 Å². The third-order valence-corrected chi connectivity index (χ3v) is 9.45. The lowest BCUT2D eigenvalue weighted by Crippen LogP contribution is -2.66. The highest BCUT2D eigenvalue weighted by Gasteiger charge is 2.48. The summed E-state index contributed by atoms with van der Waals surface area (Å²) in [5.74, 6) is -0.0903. The standard InChI is InChI=1S/C28H55NO4S/c1-6-7-8-9-10-11-12-13-14-15-16-17-18-19-20-21-22-33-26(30)23-29-27(2,3)24-34(31,32)25-28(29,4)5/h6-25H2,1-5H3. The number of carbonyl (C=O) groups is 1. The summed E-state index contributed by atoms with van der Waals surface area (Å²) in [4.78, 5) is 14.4. The molecule has 1 saturated heterocycles. The summed E-state index contributed by atoms with van der Waals surface area (Å²) in [6.45, 7) is 10.5. The molecule has 0 atom stereocenters. The van der Waals surface area contributed by atoms with E-state index in [1.807, 2.05) is 32.6 Å². The van der Waals surface area contributed by atoms with Crippen LogP contribution in [0.2, 0.25) is 0 Å². The van der Waals surface area contributed by atoms with E-state index in [0.29, 0.717) is 6.61 Å². The Kier molecular flexibility index (Phi) is 15.0. The molecule has 5 nitrogen and oxygen atoms in total. The van der Waals surface area contributed by atoms with Crippen LogP contribution in [0.25, 0.3) is 0 Å². The first-order chi connectivity index (χ1) is 16.0. The first kappa shape index (κ1) is 31.4. The molecule has 0 radical (unpaired) electrons. The SMILES string of the molecule is CCCCCCCCCCCCCCCCCCOC(=O)CN1C(C)(C)CS(=O)(=O)CC1(C)C. The first-order valence-corrected chi connectivity index (χ1v) is 16.0. The van der Waals surface area contributed by atoms with Gasteiger partial charge in [-0.15, -0.1) is 0 Å². The van der Waals surface area contributed by atoms with Crippen LogP contribution in [0.4, 0.5) is 0 Å². The van der Waals surface area contributed by atoms with Crippen molar-refractivity contribution in [2.24, 2.45) is 0 Å². The van der Waals surface area contributed by atoms with Gasteiger partial charge in [-0.1, -0.05) is 103 Å². The summed E-state index contributed by atoms with van der Waals surface area (Å²) in [7, 11) is -3.11. The zero-order chi connectivity index (χ0) is 25.5. The minimum absolute atomic E-state index is 0.0792. The Morgan fingerprint density at radius 1 is 0.676 bits per heavy atom. The Morgan fingerprint density at radius 2 is 1.03 bits per heavy atom. The predicted octanol–water partition coefficient (Wildman–Crippen LogP) is 7.08. The maximum absolute atomic E-state index is 12.4. The van der Waals surface area contributed by atoms with Crippen molar-refractivity contribution in [3.8, 4) is 0 Å². The fourth-order valence-electron chi connectivity index (χ4n) is 5.54. The van der Waals surface area contributed by atoms with Crippen LogP contribution in [0.5, 0.6) is 0 Å². The van der Waals surface area contributed by atoms with Crippen molar-refractivity contribution in [2.45, 2.75) is 148 Å². The molecule has 0 aromatic heterocycles. The lowest BCUT2D eigenvalue weighted by Gasteiger charge is -2.51. The summed E-state index contributed by atoms with van der Waals surface area (Å²) in [6, 6.07) is 0. The van der Waals surface area contributed by atoms with Crippen LogP contribution in [0, 0.1) is 0 Å². The van der Waals surface area contributed by atoms with Crippen molar-refractivity contribution in [3.05, 3.63) is 0 Å². The van der Waals surface area contributed by atoms with E-state index in [-0.39, 0.29) is 24.0 Å². The molecule has 1 rings (SSSR count). The van der Waals surface area contributed by atoms with Gasteiger partial charge in [0.25, 0.3) is 0 Å². The number of hydrogen-bond donors (Lipinski definition) is 0. The van der Waals surface area contributed by atoms with Crippen LogP contribution in [0.3, 0.4) is 0 Å². The number of unbranched alkanes of at least 4 members (excludes halogenated alkanes) is 15. The minimum atomic E-state index is -3.11. The smallest absolute Gasteiger partial charge is 0.320 e. The van der Waals surface area contributed by atoms with Crippen LogP contribution in [0.15, 0.2) is 0 Å². The predicted molar refractivity (Wildman–Crippen MR) is 144 cm³/mol. The molecule has 0 spiro atoms. The van der Waals surface area contributed by atoms with Gasteiger partial charge >= 0.3 is 5.97 Å². The van der Waals surface area contributed by atoms with E-state index in [0.717, 1.165) is 12.8 Å². The number of carbonyl (C=O) groups excluding carboxylic acids is 1. The molecule has 0 N–H and O–H groups in total. The van der Waals surface area contributed by atoms with Gasteiger partial charge in [-0.2, -0.15) is 0 Å². The topological polar surface area (TPSA) is 63.7 Å². The highest BCUT2D eigenvalue weighted by Crippen LogP contribution is 2.33. The summed E-state index contributed by atoms with van der Waals surface area (Å²) in [5, 5.41) is 0. The second-order valence-corrected chi connectivity index (χ2v) is 13.8. The average molecular weight is 502 g/mol. The lowest BCUT2D eigenvalue weighted by molar-refractivity contribution is -0.149. The van der Waals surface area contributed by atoms with Gasteiger partial charge in [0.1, 0.15) is 0 Å². The van der Waals surface area contributed by atoms with Crippen LogP contribution >= 0.6 is 0 Å². The zero-order valence-corrected chi connectivity index (χ0v) is 23.9. The molecule has 1 fully saturated rings. The van der Waals surface area contributed by atoms with Gasteiger partial charge in [0.05, 0.1) is 24.7 Å². The molecule has 0 amide bonds. The summed E-state index contributed by atoms with van der Waals surface area (Å²) in [5.41, 5.74) is -1.15. The van der Waals surface area contributed by atoms with Crippen molar-refractivity contribution in [1.82, 2.24) is 4.90 Å². The molecule has 0 aliphatic carbocycles. The Hall–Kier alpha value is -0.620. The summed E-state index contributed by atoms with van der Waals surface area (Å²) >= 11 is 0. The van der Waals surface area contributed by atoms with Crippen LogP contribution in [-0.4, -0.2) is 55.0 Å². The second kappa shape index (κ2) is 16.2. The number of nitrogens with zero attached hydrogens (tertiary/aromatic N) is 1. The average Bonchev–Trinajstić information content (AvgIpc) is 2.71. The van der Waals surface area contributed by atoms with E-state index in [4.69, 9.17) is 4.74 Å². The van der Waals surface area contributed by atoms with Crippen molar-refractivity contribution in [3.63, 3.8) is 0 Å². The van der Waals surface area contributed by atoms with Gasteiger partial charge in [0.15, 0.2) is 9.84 Å². The fourth-order valence-corrected chi connectivity index (χ4v) is 8.11. The number of sulfone groups is 1. The molecule has 6 heteroatoms.